The Kier molecular flexibility index (Phi) is 3.70. The number of nitrogens with one attached hydrogen (secondary N) is 2. The van der Waals surface area contributed by atoms with Gasteiger partial charge in [0.2, 0.25) is 0 Å². The minimum atomic E-state index is -0.380. The average molecular weight is 271 g/mol. The van der Waals surface area contributed by atoms with Gasteiger partial charge in [-0.2, -0.15) is 0 Å². The topological polar surface area (TPSA) is 74.8 Å². The summed E-state index contributed by atoms with van der Waals surface area (Å²) in [4.78, 5) is 29.1. The van der Waals surface area contributed by atoms with Crippen LogP contribution in [-0.2, 0) is 0 Å². The second-order valence-corrected chi connectivity index (χ2v) is 5.59. The number of nitrogens with zero attached hydrogens (tertiary/aromatic N) is 1. The molecule has 0 atom stereocenters. The molecular formula is C15H17N3O2. The van der Waals surface area contributed by atoms with Crippen LogP contribution in [0.5, 0.6) is 0 Å². The molecule has 0 saturated carbocycles. The van der Waals surface area contributed by atoms with Gasteiger partial charge in [-0.1, -0.05) is 12.1 Å². The van der Waals surface area contributed by atoms with Crippen LogP contribution < -0.4 is 11.0 Å². The van der Waals surface area contributed by atoms with E-state index in [0.717, 1.165) is 11.1 Å². The normalized spacial score (nSPS) is 11.2. The van der Waals surface area contributed by atoms with Crippen molar-refractivity contribution >= 4 is 5.91 Å². The van der Waals surface area contributed by atoms with Gasteiger partial charge in [0, 0.05) is 29.1 Å². The number of aromatic nitrogens is 2. The van der Waals surface area contributed by atoms with Crippen molar-refractivity contribution in [3.63, 3.8) is 0 Å². The Hall–Kier alpha value is -2.43. The molecule has 0 saturated heterocycles. The molecule has 104 valence electrons. The first-order valence-corrected chi connectivity index (χ1v) is 6.33. The molecule has 2 N–H and O–H groups in total. The molecule has 0 aliphatic carbocycles. The zero-order valence-corrected chi connectivity index (χ0v) is 11.7. The molecule has 1 amide bonds. The third-order valence-corrected chi connectivity index (χ3v) is 2.64. The van der Waals surface area contributed by atoms with E-state index < -0.39 is 0 Å². The Morgan fingerprint density at radius 1 is 1.15 bits per heavy atom. The number of carbonyl (C=O) groups is 1. The molecule has 0 radical (unpaired) electrons. The van der Waals surface area contributed by atoms with Crippen LogP contribution in [0.15, 0.2) is 41.5 Å². The van der Waals surface area contributed by atoms with Gasteiger partial charge in [-0.3, -0.25) is 4.79 Å². The van der Waals surface area contributed by atoms with Crippen LogP contribution in [0.2, 0.25) is 0 Å². The zero-order chi connectivity index (χ0) is 14.8. The molecule has 2 rings (SSSR count). The van der Waals surface area contributed by atoms with Crippen LogP contribution in [0.3, 0.4) is 0 Å². The molecule has 0 aliphatic heterocycles. The molecule has 0 bridgehead atoms. The van der Waals surface area contributed by atoms with E-state index in [2.05, 4.69) is 15.3 Å². The number of benzene rings is 1. The lowest BCUT2D eigenvalue weighted by atomic mass is 10.0. The van der Waals surface area contributed by atoms with Gasteiger partial charge in [0.25, 0.3) is 5.91 Å². The Morgan fingerprint density at radius 2 is 1.80 bits per heavy atom. The summed E-state index contributed by atoms with van der Waals surface area (Å²) >= 11 is 0. The number of hydrogen-bond acceptors (Lipinski definition) is 3. The molecule has 5 nitrogen and oxygen atoms in total. The molecule has 0 unspecified atom stereocenters. The third kappa shape index (κ3) is 3.54. The van der Waals surface area contributed by atoms with Gasteiger partial charge in [0.15, 0.2) is 0 Å². The van der Waals surface area contributed by atoms with Gasteiger partial charge in [-0.25, -0.2) is 9.78 Å². The first-order chi connectivity index (χ1) is 9.35. The monoisotopic (exact) mass is 271 g/mol. The lowest BCUT2D eigenvalue weighted by Crippen LogP contribution is -2.40. The summed E-state index contributed by atoms with van der Waals surface area (Å²) in [5.74, 6) is -0.108. The number of H-pyrrole nitrogens is 1. The third-order valence-electron chi connectivity index (χ3n) is 2.64. The molecular weight excluding hydrogens is 254 g/mol. The molecule has 0 fully saturated rings. The van der Waals surface area contributed by atoms with Gasteiger partial charge < -0.3 is 10.3 Å². The fraction of sp³-hybridized carbons (Fsp3) is 0.267. The maximum atomic E-state index is 12.0. The van der Waals surface area contributed by atoms with Crippen molar-refractivity contribution in [2.45, 2.75) is 26.3 Å². The van der Waals surface area contributed by atoms with Crippen molar-refractivity contribution in [2.24, 2.45) is 0 Å². The maximum Gasteiger partial charge on any atom is 0.344 e. The SMILES string of the molecule is CC(C)(C)NC(=O)c1ccc(-c2cnc(=O)[nH]c2)cc1. The fourth-order valence-corrected chi connectivity index (χ4v) is 1.73. The highest BCUT2D eigenvalue weighted by Gasteiger charge is 2.15. The molecule has 1 heterocycles. The highest BCUT2D eigenvalue weighted by atomic mass is 16.2. The maximum absolute atomic E-state index is 12.0. The first kappa shape index (κ1) is 14.0. The first-order valence-electron chi connectivity index (χ1n) is 6.33. The zero-order valence-electron chi connectivity index (χ0n) is 11.7. The summed E-state index contributed by atoms with van der Waals surface area (Å²) in [6.45, 7) is 5.81. The van der Waals surface area contributed by atoms with Crippen molar-refractivity contribution < 1.29 is 4.79 Å². The van der Waals surface area contributed by atoms with Gasteiger partial charge >= 0.3 is 5.69 Å². The summed E-state index contributed by atoms with van der Waals surface area (Å²) < 4.78 is 0. The van der Waals surface area contributed by atoms with Crippen molar-refractivity contribution in [1.29, 1.82) is 0 Å². The summed E-state index contributed by atoms with van der Waals surface area (Å²) in [6.07, 6.45) is 3.10. The smallest absolute Gasteiger partial charge is 0.344 e. The Bertz CT molecular complexity index is 646. The minimum absolute atomic E-state index is 0.108. The van der Waals surface area contributed by atoms with E-state index >= 15 is 0 Å². The van der Waals surface area contributed by atoms with Gasteiger partial charge in [0.1, 0.15) is 0 Å². The van der Waals surface area contributed by atoms with Crippen molar-refractivity contribution in [1.82, 2.24) is 15.3 Å². The summed E-state index contributed by atoms with van der Waals surface area (Å²) in [7, 11) is 0. The highest BCUT2D eigenvalue weighted by molar-refractivity contribution is 5.95. The molecule has 1 aromatic carbocycles. The second-order valence-electron chi connectivity index (χ2n) is 5.59. The van der Waals surface area contributed by atoms with Crippen LogP contribution in [0, 0.1) is 0 Å². The number of aromatic amines is 1. The fourth-order valence-electron chi connectivity index (χ4n) is 1.73. The summed E-state index contributed by atoms with van der Waals surface area (Å²) in [5.41, 5.74) is 1.64. The average Bonchev–Trinajstić information content (AvgIpc) is 2.38. The molecule has 1 aromatic heterocycles. The molecule has 0 aliphatic rings. The van der Waals surface area contributed by atoms with Crippen LogP contribution in [0.4, 0.5) is 0 Å². The van der Waals surface area contributed by atoms with E-state index in [1.54, 1.807) is 18.3 Å². The van der Waals surface area contributed by atoms with Crippen molar-refractivity contribution in [3.8, 4) is 11.1 Å². The molecule has 5 heteroatoms. The van der Waals surface area contributed by atoms with Crippen LogP contribution >= 0.6 is 0 Å². The van der Waals surface area contributed by atoms with E-state index in [1.165, 1.54) is 6.20 Å². The van der Waals surface area contributed by atoms with Crippen molar-refractivity contribution in [3.05, 3.63) is 52.7 Å². The van der Waals surface area contributed by atoms with Crippen molar-refractivity contribution in [2.75, 3.05) is 0 Å². The largest absolute Gasteiger partial charge is 0.347 e. The quantitative estimate of drug-likeness (QED) is 0.876. The number of carbonyl (C=O) groups excluding carboxylic acids is 1. The van der Waals surface area contributed by atoms with E-state index in [-0.39, 0.29) is 17.1 Å². The molecule has 20 heavy (non-hydrogen) atoms. The second kappa shape index (κ2) is 5.28. The lowest BCUT2D eigenvalue weighted by molar-refractivity contribution is 0.0919. The number of rotatable bonds is 2. The minimum Gasteiger partial charge on any atom is -0.347 e. The van der Waals surface area contributed by atoms with Gasteiger partial charge in [-0.05, 0) is 38.5 Å². The number of hydrogen-bond donors (Lipinski definition) is 2. The van der Waals surface area contributed by atoms with E-state index in [9.17, 15) is 9.59 Å². The standard InChI is InChI=1S/C15H17N3O2/c1-15(2,3)18-13(19)11-6-4-10(5-7-11)12-8-16-14(20)17-9-12/h4-9H,1-3H3,(H,18,19)(H,16,17,20). The van der Waals surface area contributed by atoms with E-state index in [4.69, 9.17) is 0 Å². The predicted octanol–water partition coefficient (Wildman–Crippen LogP) is 1.97. The van der Waals surface area contributed by atoms with Crippen LogP contribution in [-0.4, -0.2) is 21.4 Å². The molecule has 2 aromatic rings. The van der Waals surface area contributed by atoms with Crippen LogP contribution in [0.25, 0.3) is 11.1 Å². The Morgan fingerprint density at radius 3 is 2.30 bits per heavy atom. The van der Waals surface area contributed by atoms with Gasteiger partial charge in [0.05, 0.1) is 0 Å². The highest BCUT2D eigenvalue weighted by Crippen LogP contribution is 2.17. The van der Waals surface area contributed by atoms with E-state index in [1.807, 2.05) is 32.9 Å². The number of amides is 1. The van der Waals surface area contributed by atoms with E-state index in [0.29, 0.717) is 5.56 Å². The van der Waals surface area contributed by atoms with Gasteiger partial charge in [-0.15, -0.1) is 0 Å². The Labute approximate surface area is 117 Å². The summed E-state index contributed by atoms with van der Waals surface area (Å²) in [6, 6.07) is 7.16. The van der Waals surface area contributed by atoms with Crippen LogP contribution in [0.1, 0.15) is 31.1 Å². The predicted molar refractivity (Wildman–Crippen MR) is 77.5 cm³/mol. The Balaban J connectivity index is 2.20. The lowest BCUT2D eigenvalue weighted by Gasteiger charge is -2.20. The molecule has 0 spiro atoms. The summed E-state index contributed by atoms with van der Waals surface area (Å²) in [5, 5.41) is 2.90.